The number of nitriles is 1. The van der Waals surface area contributed by atoms with E-state index >= 15 is 0 Å². The molecule has 1 heterocycles. The van der Waals surface area contributed by atoms with Gasteiger partial charge in [-0.25, -0.2) is 4.39 Å². The van der Waals surface area contributed by atoms with Crippen molar-refractivity contribution in [2.24, 2.45) is 0 Å². The van der Waals surface area contributed by atoms with Gasteiger partial charge in [0.05, 0.1) is 11.6 Å². The molecule has 0 aromatic heterocycles. The predicted molar refractivity (Wildman–Crippen MR) is 52.9 cm³/mol. The summed E-state index contributed by atoms with van der Waals surface area (Å²) in [6.07, 6.45) is -0.0920. The van der Waals surface area contributed by atoms with Gasteiger partial charge >= 0.3 is 0 Å². The summed E-state index contributed by atoms with van der Waals surface area (Å²) in [6.45, 7) is 1.25. The van der Waals surface area contributed by atoms with Gasteiger partial charge in [0, 0.05) is 18.8 Å². The standard InChI is InChI=1S/C11H11FN2/c12-10-5-6-14(8-10)11-3-1-9(7-13)2-4-11/h1-4,10H,5-6,8H2/t10-/m1/s1. The van der Waals surface area contributed by atoms with E-state index in [1.54, 1.807) is 12.1 Å². The predicted octanol–water partition coefficient (Wildman–Crippen LogP) is 2.11. The first-order valence-corrected chi connectivity index (χ1v) is 4.69. The second-order valence-electron chi connectivity index (χ2n) is 3.49. The lowest BCUT2D eigenvalue weighted by Crippen LogP contribution is -2.19. The molecule has 3 heteroatoms. The number of alkyl halides is 1. The summed E-state index contributed by atoms with van der Waals surface area (Å²) in [4.78, 5) is 2.01. The minimum Gasteiger partial charge on any atom is -0.369 e. The van der Waals surface area contributed by atoms with Gasteiger partial charge in [-0.1, -0.05) is 0 Å². The lowest BCUT2D eigenvalue weighted by Gasteiger charge is -2.16. The molecule has 1 aliphatic rings. The lowest BCUT2D eigenvalue weighted by molar-refractivity contribution is 0.364. The number of anilines is 1. The molecular formula is C11H11FN2. The van der Waals surface area contributed by atoms with Crippen molar-refractivity contribution in [3.63, 3.8) is 0 Å². The van der Waals surface area contributed by atoms with E-state index in [0.717, 1.165) is 12.2 Å². The van der Waals surface area contributed by atoms with Crippen LogP contribution in [-0.4, -0.2) is 19.3 Å². The summed E-state index contributed by atoms with van der Waals surface area (Å²) in [6, 6.07) is 9.33. The highest BCUT2D eigenvalue weighted by molar-refractivity contribution is 5.50. The van der Waals surface area contributed by atoms with Gasteiger partial charge in [0.25, 0.3) is 0 Å². The molecule has 0 amide bonds. The number of benzene rings is 1. The van der Waals surface area contributed by atoms with Crippen LogP contribution in [0.15, 0.2) is 24.3 Å². The number of hydrogen-bond donors (Lipinski definition) is 0. The highest BCUT2D eigenvalue weighted by atomic mass is 19.1. The molecule has 0 radical (unpaired) electrons. The maximum Gasteiger partial charge on any atom is 0.119 e. The molecular weight excluding hydrogens is 179 g/mol. The second kappa shape index (κ2) is 3.67. The maximum absolute atomic E-state index is 12.9. The first-order chi connectivity index (χ1) is 6.79. The molecule has 0 bridgehead atoms. The number of halogens is 1. The van der Waals surface area contributed by atoms with E-state index in [9.17, 15) is 4.39 Å². The summed E-state index contributed by atoms with van der Waals surface area (Å²) in [7, 11) is 0. The molecule has 0 aliphatic carbocycles. The zero-order valence-electron chi connectivity index (χ0n) is 7.78. The summed E-state index contributed by atoms with van der Waals surface area (Å²) >= 11 is 0. The van der Waals surface area contributed by atoms with Crippen LogP contribution in [0.25, 0.3) is 0 Å². The van der Waals surface area contributed by atoms with Gasteiger partial charge in [0.1, 0.15) is 6.17 Å². The Balaban J connectivity index is 2.14. The second-order valence-corrected chi connectivity index (χ2v) is 3.49. The van der Waals surface area contributed by atoms with Gasteiger partial charge in [-0.3, -0.25) is 0 Å². The zero-order chi connectivity index (χ0) is 9.97. The fourth-order valence-electron chi connectivity index (χ4n) is 1.70. The largest absolute Gasteiger partial charge is 0.369 e. The zero-order valence-corrected chi connectivity index (χ0v) is 7.78. The van der Waals surface area contributed by atoms with E-state index in [1.807, 2.05) is 17.0 Å². The van der Waals surface area contributed by atoms with Crippen molar-refractivity contribution in [2.75, 3.05) is 18.0 Å². The number of nitrogens with zero attached hydrogens (tertiary/aromatic N) is 2. The molecule has 1 aromatic carbocycles. The Kier molecular flexibility index (Phi) is 2.36. The van der Waals surface area contributed by atoms with Crippen LogP contribution in [0.1, 0.15) is 12.0 Å². The topological polar surface area (TPSA) is 27.0 Å². The molecule has 0 N–H and O–H groups in total. The van der Waals surface area contributed by atoms with Crippen molar-refractivity contribution in [3.8, 4) is 6.07 Å². The summed E-state index contributed by atoms with van der Waals surface area (Å²) < 4.78 is 12.9. The lowest BCUT2D eigenvalue weighted by atomic mass is 10.2. The summed E-state index contributed by atoms with van der Waals surface area (Å²) in [5, 5.41) is 8.61. The molecule has 0 unspecified atom stereocenters. The van der Waals surface area contributed by atoms with Crippen molar-refractivity contribution in [3.05, 3.63) is 29.8 Å². The molecule has 1 aliphatic heterocycles. The maximum atomic E-state index is 12.9. The summed E-state index contributed by atoms with van der Waals surface area (Å²) in [5.74, 6) is 0. The highest BCUT2D eigenvalue weighted by Crippen LogP contribution is 2.21. The van der Waals surface area contributed by atoms with E-state index in [0.29, 0.717) is 18.5 Å². The van der Waals surface area contributed by atoms with Crippen molar-refractivity contribution >= 4 is 5.69 Å². The molecule has 72 valence electrons. The SMILES string of the molecule is N#Cc1ccc(N2CC[C@@H](F)C2)cc1. The van der Waals surface area contributed by atoms with Crippen LogP contribution in [0, 0.1) is 11.3 Å². The van der Waals surface area contributed by atoms with Crippen LogP contribution in [-0.2, 0) is 0 Å². The monoisotopic (exact) mass is 190 g/mol. The third kappa shape index (κ3) is 1.69. The Hall–Kier alpha value is -1.56. The Morgan fingerprint density at radius 3 is 2.57 bits per heavy atom. The van der Waals surface area contributed by atoms with E-state index in [2.05, 4.69) is 6.07 Å². The first kappa shape index (κ1) is 9.01. The van der Waals surface area contributed by atoms with Crippen LogP contribution in [0.5, 0.6) is 0 Å². The minimum absolute atomic E-state index is 0.478. The van der Waals surface area contributed by atoms with Crippen molar-refractivity contribution < 1.29 is 4.39 Å². The smallest absolute Gasteiger partial charge is 0.119 e. The fourth-order valence-corrected chi connectivity index (χ4v) is 1.70. The van der Waals surface area contributed by atoms with Crippen molar-refractivity contribution in [2.45, 2.75) is 12.6 Å². The van der Waals surface area contributed by atoms with Crippen LogP contribution >= 0.6 is 0 Å². The highest BCUT2D eigenvalue weighted by Gasteiger charge is 2.21. The third-order valence-corrected chi connectivity index (χ3v) is 2.49. The van der Waals surface area contributed by atoms with E-state index < -0.39 is 6.17 Å². The Morgan fingerprint density at radius 2 is 2.07 bits per heavy atom. The third-order valence-electron chi connectivity index (χ3n) is 2.49. The van der Waals surface area contributed by atoms with E-state index in [-0.39, 0.29) is 0 Å². The number of hydrogen-bond acceptors (Lipinski definition) is 2. The molecule has 0 saturated carbocycles. The molecule has 1 aromatic rings. The molecule has 1 saturated heterocycles. The minimum atomic E-state index is -0.703. The molecule has 2 rings (SSSR count). The van der Waals surface area contributed by atoms with E-state index in [4.69, 9.17) is 5.26 Å². The van der Waals surface area contributed by atoms with Crippen LogP contribution in [0.3, 0.4) is 0 Å². The molecule has 0 spiro atoms. The van der Waals surface area contributed by atoms with Crippen molar-refractivity contribution in [1.82, 2.24) is 0 Å². The van der Waals surface area contributed by atoms with Gasteiger partial charge in [0.2, 0.25) is 0 Å². The quantitative estimate of drug-likeness (QED) is 0.678. The van der Waals surface area contributed by atoms with Gasteiger partial charge in [-0.2, -0.15) is 5.26 Å². The molecule has 1 fully saturated rings. The van der Waals surface area contributed by atoms with Crippen LogP contribution < -0.4 is 4.90 Å². The average Bonchev–Trinajstić information content (AvgIpc) is 2.65. The summed E-state index contributed by atoms with van der Waals surface area (Å²) in [5.41, 5.74) is 1.65. The van der Waals surface area contributed by atoms with Gasteiger partial charge in [-0.05, 0) is 30.7 Å². The first-order valence-electron chi connectivity index (χ1n) is 4.69. The molecule has 14 heavy (non-hydrogen) atoms. The van der Waals surface area contributed by atoms with Crippen LogP contribution in [0.4, 0.5) is 10.1 Å². The van der Waals surface area contributed by atoms with Gasteiger partial charge in [-0.15, -0.1) is 0 Å². The fraction of sp³-hybridized carbons (Fsp3) is 0.364. The normalized spacial score (nSPS) is 20.9. The van der Waals surface area contributed by atoms with E-state index in [1.165, 1.54) is 0 Å². The van der Waals surface area contributed by atoms with Gasteiger partial charge < -0.3 is 4.90 Å². The Bertz CT molecular complexity index is 353. The Labute approximate surface area is 82.6 Å². The van der Waals surface area contributed by atoms with Crippen molar-refractivity contribution in [1.29, 1.82) is 5.26 Å². The van der Waals surface area contributed by atoms with Crippen LogP contribution in [0.2, 0.25) is 0 Å². The number of rotatable bonds is 1. The Morgan fingerprint density at radius 1 is 1.36 bits per heavy atom. The van der Waals surface area contributed by atoms with Gasteiger partial charge in [0.15, 0.2) is 0 Å². The molecule has 1 atom stereocenters. The average molecular weight is 190 g/mol. The molecule has 2 nitrogen and oxygen atoms in total.